The van der Waals surface area contributed by atoms with Gasteiger partial charge in [0.25, 0.3) is 5.89 Å². The minimum Gasteiger partial charge on any atom is -0.416 e. The second-order valence-corrected chi connectivity index (χ2v) is 7.09. The number of rotatable bonds is 4. The van der Waals surface area contributed by atoms with Gasteiger partial charge in [0, 0.05) is 57.9 Å². The van der Waals surface area contributed by atoms with E-state index in [-0.39, 0.29) is 11.8 Å². The third kappa shape index (κ3) is 3.52. The van der Waals surface area contributed by atoms with Gasteiger partial charge in [0.15, 0.2) is 0 Å². The van der Waals surface area contributed by atoms with Crippen LogP contribution >= 0.6 is 0 Å². The van der Waals surface area contributed by atoms with E-state index >= 15 is 0 Å². The van der Waals surface area contributed by atoms with Gasteiger partial charge in [-0.1, -0.05) is 0 Å². The van der Waals surface area contributed by atoms with Crippen molar-refractivity contribution in [1.82, 2.24) is 20.3 Å². The van der Waals surface area contributed by atoms with E-state index in [1.165, 1.54) is 5.56 Å². The molecule has 0 aromatic carbocycles. The van der Waals surface area contributed by atoms with Gasteiger partial charge in [0.2, 0.25) is 5.88 Å². The molecule has 29 heavy (non-hydrogen) atoms. The van der Waals surface area contributed by atoms with Gasteiger partial charge in [-0.2, -0.15) is 0 Å². The highest BCUT2D eigenvalue weighted by atomic mass is 16.4. The fourth-order valence-corrected chi connectivity index (χ4v) is 3.73. The predicted octanol–water partition coefficient (Wildman–Crippen LogP) is 1.65. The maximum atomic E-state index is 12.7. The first-order chi connectivity index (χ1) is 14.3. The molecule has 0 saturated carbocycles. The van der Waals surface area contributed by atoms with Crippen LogP contribution in [0.5, 0.6) is 0 Å². The van der Waals surface area contributed by atoms with Crippen LogP contribution in [0, 0.1) is 0 Å². The molecule has 0 aliphatic carbocycles. The summed E-state index contributed by atoms with van der Waals surface area (Å²) >= 11 is 0. The summed E-state index contributed by atoms with van der Waals surface area (Å²) in [6.07, 6.45) is 8.62. The summed E-state index contributed by atoms with van der Waals surface area (Å²) < 4.78 is 5.76. The number of aromatic nitrogens is 3. The number of nitrogens with one attached hydrogen (secondary N) is 2. The van der Waals surface area contributed by atoms with Gasteiger partial charge in [-0.05, 0) is 23.3 Å². The molecule has 1 fully saturated rings. The van der Waals surface area contributed by atoms with E-state index in [9.17, 15) is 4.79 Å². The molecule has 2 N–H and O–H groups in total. The molecule has 0 spiro atoms. The van der Waals surface area contributed by atoms with Crippen LogP contribution in [0.25, 0.3) is 0 Å². The molecule has 9 nitrogen and oxygen atoms in total. The van der Waals surface area contributed by atoms with Crippen molar-refractivity contribution in [3.63, 3.8) is 0 Å². The number of nitrogens with zero attached hydrogens (tertiary/aromatic N) is 5. The van der Waals surface area contributed by atoms with Gasteiger partial charge < -0.3 is 24.9 Å². The Kier molecular flexibility index (Phi) is 4.57. The monoisotopic (exact) mass is 391 g/mol. The van der Waals surface area contributed by atoms with Crippen molar-refractivity contribution in [3.05, 3.63) is 60.1 Å². The number of carbonyl (C=O) groups excluding carboxylic acids is 1. The van der Waals surface area contributed by atoms with Crippen LogP contribution in [0.15, 0.2) is 47.5 Å². The molecule has 5 rings (SSSR count). The summed E-state index contributed by atoms with van der Waals surface area (Å²) in [6.45, 7) is 4.97. The zero-order chi connectivity index (χ0) is 19.6. The van der Waals surface area contributed by atoms with Crippen LogP contribution in [0.1, 0.15) is 21.8 Å². The molecule has 3 aromatic heterocycles. The van der Waals surface area contributed by atoms with E-state index in [1.54, 1.807) is 24.8 Å². The van der Waals surface area contributed by atoms with Crippen LogP contribution in [0.3, 0.4) is 0 Å². The summed E-state index contributed by atoms with van der Waals surface area (Å²) in [7, 11) is 0. The highest BCUT2D eigenvalue weighted by Gasteiger charge is 2.24. The average Bonchev–Trinajstić information content (AvgIpc) is 3.42. The number of pyridine rings is 2. The number of anilines is 3. The van der Waals surface area contributed by atoms with Gasteiger partial charge in [0.05, 0.1) is 23.8 Å². The number of amides is 1. The summed E-state index contributed by atoms with van der Waals surface area (Å²) in [5.74, 6) is 0.211. The first-order valence-corrected chi connectivity index (χ1v) is 9.61. The van der Waals surface area contributed by atoms with Crippen molar-refractivity contribution in [2.45, 2.75) is 13.1 Å². The Morgan fingerprint density at radius 2 is 1.79 bits per heavy atom. The molecule has 1 amide bonds. The fourth-order valence-electron chi connectivity index (χ4n) is 3.73. The van der Waals surface area contributed by atoms with E-state index in [0.29, 0.717) is 24.7 Å². The molecule has 1 saturated heterocycles. The highest BCUT2D eigenvalue weighted by molar-refractivity contribution is 6.03. The maximum absolute atomic E-state index is 12.7. The maximum Gasteiger partial charge on any atom is 0.311 e. The molecular formula is C20H21N7O2. The molecule has 2 aliphatic rings. The highest BCUT2D eigenvalue weighted by Crippen LogP contribution is 2.29. The molecule has 148 valence electrons. The summed E-state index contributed by atoms with van der Waals surface area (Å²) in [5, 5.41) is 6.23. The zero-order valence-corrected chi connectivity index (χ0v) is 15.8. The third-order valence-electron chi connectivity index (χ3n) is 5.23. The van der Waals surface area contributed by atoms with Crippen LogP contribution in [0.2, 0.25) is 0 Å². The van der Waals surface area contributed by atoms with Crippen LogP contribution in [-0.4, -0.2) is 47.0 Å². The lowest BCUT2D eigenvalue weighted by molar-refractivity contribution is 0.0990. The second-order valence-electron chi connectivity index (χ2n) is 7.09. The number of hydrogen-bond donors (Lipinski definition) is 2. The topological polar surface area (TPSA) is 99.4 Å². The quantitative estimate of drug-likeness (QED) is 0.693. The Balaban J connectivity index is 1.30. The largest absolute Gasteiger partial charge is 0.416 e. The lowest BCUT2D eigenvalue weighted by Crippen LogP contribution is -2.43. The predicted molar refractivity (Wildman–Crippen MR) is 108 cm³/mol. The van der Waals surface area contributed by atoms with E-state index in [1.807, 2.05) is 23.2 Å². The molecule has 0 bridgehead atoms. The fraction of sp³-hybridized carbons (Fsp3) is 0.300. The van der Waals surface area contributed by atoms with Crippen molar-refractivity contribution in [1.29, 1.82) is 0 Å². The Bertz CT molecular complexity index is 1000. The van der Waals surface area contributed by atoms with Gasteiger partial charge in [0.1, 0.15) is 0 Å². The molecule has 9 heteroatoms. The Morgan fingerprint density at radius 1 is 1.00 bits per heavy atom. The first-order valence-electron chi connectivity index (χ1n) is 9.61. The van der Waals surface area contributed by atoms with Gasteiger partial charge in [-0.25, -0.2) is 4.98 Å². The minimum atomic E-state index is -0.390. The van der Waals surface area contributed by atoms with Gasteiger partial charge in [-0.15, -0.1) is 0 Å². The van der Waals surface area contributed by atoms with E-state index in [0.717, 1.165) is 37.4 Å². The third-order valence-corrected chi connectivity index (χ3v) is 5.23. The van der Waals surface area contributed by atoms with Crippen LogP contribution in [-0.2, 0) is 13.1 Å². The van der Waals surface area contributed by atoms with E-state index in [2.05, 4.69) is 30.5 Å². The number of carbonyl (C=O) groups is 1. The zero-order valence-electron chi connectivity index (χ0n) is 15.8. The molecule has 0 radical (unpaired) electrons. The van der Waals surface area contributed by atoms with Gasteiger partial charge >= 0.3 is 5.91 Å². The first kappa shape index (κ1) is 17.6. The lowest BCUT2D eigenvalue weighted by Gasteiger charge is -2.30. The van der Waals surface area contributed by atoms with Crippen LogP contribution in [0.4, 0.5) is 17.3 Å². The number of hydrogen-bond acceptors (Lipinski definition) is 8. The van der Waals surface area contributed by atoms with E-state index < -0.39 is 0 Å². The summed E-state index contributed by atoms with van der Waals surface area (Å²) in [4.78, 5) is 29.5. The molecule has 5 heterocycles. The average molecular weight is 391 g/mol. The van der Waals surface area contributed by atoms with E-state index in [4.69, 9.17) is 4.42 Å². The number of oxazole rings is 1. The molecular weight excluding hydrogens is 370 g/mol. The SMILES string of the molecule is O=C(Nc1cnccc1N1CCNCC1)c1ncc(N2Cc3ccncc3C2)o1. The normalized spacial score (nSPS) is 16.0. The molecule has 3 aromatic rings. The molecule has 0 atom stereocenters. The molecule has 0 unspecified atom stereocenters. The Morgan fingerprint density at radius 3 is 2.66 bits per heavy atom. The van der Waals surface area contributed by atoms with Crippen molar-refractivity contribution in [3.8, 4) is 0 Å². The summed E-state index contributed by atoms with van der Waals surface area (Å²) in [6, 6.07) is 3.91. The Labute approximate surface area is 167 Å². The van der Waals surface area contributed by atoms with Crippen molar-refractivity contribution < 1.29 is 9.21 Å². The van der Waals surface area contributed by atoms with Crippen molar-refractivity contribution in [2.24, 2.45) is 0 Å². The van der Waals surface area contributed by atoms with Crippen molar-refractivity contribution in [2.75, 3.05) is 41.3 Å². The minimum absolute atomic E-state index is 0.0317. The standard InChI is InChI=1S/C20H21N7O2/c28-19(25-16-10-23-4-2-17(16)26-7-5-21-6-8-26)20-24-11-18(29-20)27-12-14-1-3-22-9-15(14)13-27/h1-4,9-11,21H,5-8,12-13H2,(H,25,28). The molecule has 2 aliphatic heterocycles. The summed E-state index contributed by atoms with van der Waals surface area (Å²) in [5.41, 5.74) is 3.97. The van der Waals surface area contributed by atoms with Crippen molar-refractivity contribution >= 4 is 23.2 Å². The lowest BCUT2D eigenvalue weighted by atomic mass is 10.2. The second kappa shape index (κ2) is 7.51. The Hall–Kier alpha value is -3.46. The number of piperazine rings is 1. The van der Waals surface area contributed by atoms with Crippen LogP contribution < -0.4 is 20.4 Å². The smallest absolute Gasteiger partial charge is 0.311 e. The van der Waals surface area contributed by atoms with Gasteiger partial charge in [-0.3, -0.25) is 14.8 Å². The number of fused-ring (bicyclic) bond motifs is 1.